The third kappa shape index (κ3) is 2.35. The molecule has 1 aromatic rings. The molecule has 1 rings (SSSR count). The Morgan fingerprint density at radius 3 is 1.80 bits per heavy atom. The van der Waals surface area contributed by atoms with Crippen LogP contribution in [0.2, 0.25) is 0 Å². The van der Waals surface area contributed by atoms with E-state index in [2.05, 4.69) is 0 Å². The van der Waals surface area contributed by atoms with Crippen molar-refractivity contribution in [2.45, 2.75) is 6.17 Å². The minimum atomic E-state index is -0.341. The molecule has 0 radical (unpaired) electrons. The lowest BCUT2D eigenvalue weighted by molar-refractivity contribution is 0.774. The van der Waals surface area contributed by atoms with Gasteiger partial charge in [0.15, 0.2) is 0 Å². The van der Waals surface area contributed by atoms with Gasteiger partial charge in [-0.2, -0.15) is 0 Å². The molecular formula is C7H11ClN2. The second-order valence-electron chi connectivity index (χ2n) is 1.94. The second-order valence-corrected chi connectivity index (χ2v) is 1.94. The van der Waals surface area contributed by atoms with Crippen LogP contribution in [0, 0.1) is 0 Å². The molecule has 0 amide bonds. The molecule has 0 atom stereocenters. The third-order valence-corrected chi connectivity index (χ3v) is 1.18. The Morgan fingerprint density at radius 1 is 1.00 bits per heavy atom. The van der Waals surface area contributed by atoms with E-state index in [0.29, 0.717) is 0 Å². The summed E-state index contributed by atoms with van der Waals surface area (Å²) in [5, 5.41) is 0. The van der Waals surface area contributed by atoms with Gasteiger partial charge < -0.3 is 11.5 Å². The van der Waals surface area contributed by atoms with Gasteiger partial charge in [0.1, 0.15) is 0 Å². The van der Waals surface area contributed by atoms with Crippen LogP contribution in [0.1, 0.15) is 11.7 Å². The largest absolute Gasteiger partial charge is 0.312 e. The predicted octanol–water partition coefficient (Wildman–Crippen LogP) is 1.02. The van der Waals surface area contributed by atoms with Crippen LogP contribution in [0.3, 0.4) is 0 Å². The maximum absolute atomic E-state index is 5.39. The molecule has 0 fully saturated rings. The Bertz CT molecular complexity index is 174. The smallest absolute Gasteiger partial charge is 0.0784 e. The molecule has 0 unspecified atom stereocenters. The van der Waals surface area contributed by atoms with Crippen LogP contribution in [0.4, 0.5) is 0 Å². The highest BCUT2D eigenvalue weighted by Crippen LogP contribution is 2.01. The fraction of sp³-hybridized carbons (Fsp3) is 0.143. The number of halogens is 1. The van der Waals surface area contributed by atoms with Gasteiger partial charge in [0.2, 0.25) is 0 Å². The van der Waals surface area contributed by atoms with Crippen LogP contribution < -0.4 is 11.5 Å². The second kappa shape index (κ2) is 4.28. The lowest BCUT2D eigenvalue weighted by atomic mass is 10.2. The van der Waals surface area contributed by atoms with Gasteiger partial charge in [0.05, 0.1) is 6.17 Å². The Labute approximate surface area is 66.6 Å². The first kappa shape index (κ1) is 9.43. The minimum Gasteiger partial charge on any atom is -0.312 e. The zero-order valence-electron chi connectivity index (χ0n) is 5.53. The van der Waals surface area contributed by atoms with Gasteiger partial charge in [-0.25, -0.2) is 0 Å². The minimum absolute atomic E-state index is 0. The van der Waals surface area contributed by atoms with Crippen molar-refractivity contribution < 1.29 is 0 Å². The summed E-state index contributed by atoms with van der Waals surface area (Å²) in [6.45, 7) is 0. The summed E-state index contributed by atoms with van der Waals surface area (Å²) in [7, 11) is 0. The first-order valence-corrected chi connectivity index (χ1v) is 2.87. The van der Waals surface area contributed by atoms with Crippen molar-refractivity contribution in [1.82, 2.24) is 0 Å². The molecule has 0 bridgehead atoms. The number of hydrogen-bond donors (Lipinski definition) is 2. The van der Waals surface area contributed by atoms with Crippen molar-refractivity contribution in [3.63, 3.8) is 0 Å². The summed E-state index contributed by atoms with van der Waals surface area (Å²) in [5.41, 5.74) is 11.8. The average Bonchev–Trinajstić information content (AvgIpc) is 1.90. The summed E-state index contributed by atoms with van der Waals surface area (Å²) in [6.07, 6.45) is -0.341. The topological polar surface area (TPSA) is 52.0 Å². The molecule has 0 aliphatic rings. The van der Waals surface area contributed by atoms with Crippen LogP contribution >= 0.6 is 12.4 Å². The molecule has 0 spiro atoms. The molecule has 0 heterocycles. The number of nitrogens with two attached hydrogens (primary N) is 2. The fourth-order valence-corrected chi connectivity index (χ4v) is 0.675. The standard InChI is InChI=1S/C7H10N2.ClH/c8-7(9)6-4-2-1-3-5-6;/h1-5,7H,8-9H2;1H. The van der Waals surface area contributed by atoms with Crippen LogP contribution in [-0.2, 0) is 0 Å². The maximum atomic E-state index is 5.39. The molecule has 3 heteroatoms. The highest BCUT2D eigenvalue weighted by molar-refractivity contribution is 5.85. The van der Waals surface area contributed by atoms with Gasteiger partial charge in [-0.1, -0.05) is 30.3 Å². The number of benzene rings is 1. The predicted molar refractivity (Wildman–Crippen MR) is 44.8 cm³/mol. The highest BCUT2D eigenvalue weighted by Gasteiger charge is 1.93. The van der Waals surface area contributed by atoms with Crippen LogP contribution in [-0.4, -0.2) is 0 Å². The Morgan fingerprint density at radius 2 is 1.50 bits per heavy atom. The Kier molecular flexibility index (Phi) is 4.03. The van der Waals surface area contributed by atoms with E-state index < -0.39 is 0 Å². The van der Waals surface area contributed by atoms with Crippen molar-refractivity contribution in [2.24, 2.45) is 11.5 Å². The van der Waals surface area contributed by atoms with Crippen molar-refractivity contribution in [3.05, 3.63) is 35.9 Å². The first-order valence-electron chi connectivity index (χ1n) is 2.87. The molecule has 0 aromatic heterocycles. The van der Waals surface area contributed by atoms with E-state index in [4.69, 9.17) is 11.5 Å². The molecule has 2 nitrogen and oxygen atoms in total. The van der Waals surface area contributed by atoms with Crippen molar-refractivity contribution >= 4 is 12.4 Å². The van der Waals surface area contributed by atoms with Gasteiger partial charge in [0.25, 0.3) is 0 Å². The van der Waals surface area contributed by atoms with Crippen molar-refractivity contribution in [2.75, 3.05) is 0 Å². The molecule has 56 valence electrons. The molecule has 0 saturated carbocycles. The summed E-state index contributed by atoms with van der Waals surface area (Å²) < 4.78 is 0. The molecular weight excluding hydrogens is 148 g/mol. The quantitative estimate of drug-likeness (QED) is 0.600. The van der Waals surface area contributed by atoms with E-state index in [1.54, 1.807) is 0 Å². The van der Waals surface area contributed by atoms with E-state index in [-0.39, 0.29) is 18.6 Å². The monoisotopic (exact) mass is 158 g/mol. The Hall–Kier alpha value is -0.570. The lowest BCUT2D eigenvalue weighted by Gasteiger charge is -2.02. The highest BCUT2D eigenvalue weighted by atomic mass is 35.5. The van der Waals surface area contributed by atoms with Gasteiger partial charge in [-0.05, 0) is 5.56 Å². The number of rotatable bonds is 1. The molecule has 0 aliphatic heterocycles. The van der Waals surface area contributed by atoms with E-state index in [1.165, 1.54) is 0 Å². The van der Waals surface area contributed by atoms with Gasteiger partial charge >= 0.3 is 0 Å². The molecule has 4 N–H and O–H groups in total. The molecule has 0 saturated heterocycles. The lowest BCUT2D eigenvalue weighted by Crippen LogP contribution is -2.19. The summed E-state index contributed by atoms with van der Waals surface area (Å²) in [6, 6.07) is 9.59. The van der Waals surface area contributed by atoms with E-state index >= 15 is 0 Å². The summed E-state index contributed by atoms with van der Waals surface area (Å²) in [5.74, 6) is 0. The maximum Gasteiger partial charge on any atom is 0.0784 e. The van der Waals surface area contributed by atoms with Gasteiger partial charge in [-0.3, -0.25) is 0 Å². The van der Waals surface area contributed by atoms with Crippen LogP contribution in [0.15, 0.2) is 30.3 Å². The zero-order valence-corrected chi connectivity index (χ0v) is 6.34. The normalized spacial score (nSPS) is 9.10. The summed E-state index contributed by atoms with van der Waals surface area (Å²) in [4.78, 5) is 0. The average molecular weight is 159 g/mol. The van der Waals surface area contributed by atoms with Crippen LogP contribution in [0.5, 0.6) is 0 Å². The third-order valence-electron chi connectivity index (χ3n) is 1.18. The SMILES string of the molecule is Cl.NC(N)c1ccccc1. The van der Waals surface area contributed by atoms with Crippen LogP contribution in [0.25, 0.3) is 0 Å². The van der Waals surface area contributed by atoms with E-state index in [9.17, 15) is 0 Å². The van der Waals surface area contributed by atoms with E-state index in [0.717, 1.165) is 5.56 Å². The van der Waals surface area contributed by atoms with Gasteiger partial charge in [-0.15, -0.1) is 12.4 Å². The molecule has 1 aromatic carbocycles. The van der Waals surface area contributed by atoms with Gasteiger partial charge in [0, 0.05) is 0 Å². The summed E-state index contributed by atoms with van der Waals surface area (Å²) >= 11 is 0. The van der Waals surface area contributed by atoms with Crippen molar-refractivity contribution in [1.29, 1.82) is 0 Å². The van der Waals surface area contributed by atoms with E-state index in [1.807, 2.05) is 30.3 Å². The zero-order chi connectivity index (χ0) is 6.69. The molecule has 10 heavy (non-hydrogen) atoms. The fourth-order valence-electron chi connectivity index (χ4n) is 0.675. The number of hydrogen-bond acceptors (Lipinski definition) is 2. The van der Waals surface area contributed by atoms with Crippen molar-refractivity contribution in [3.8, 4) is 0 Å². The Balaban J connectivity index is 0.000000810. The first-order chi connectivity index (χ1) is 4.30. The molecule has 0 aliphatic carbocycles.